The van der Waals surface area contributed by atoms with Gasteiger partial charge in [-0.3, -0.25) is 0 Å². The van der Waals surface area contributed by atoms with Crippen LogP contribution in [0, 0.1) is 6.92 Å². The molecule has 1 aromatic rings. The van der Waals surface area contributed by atoms with Crippen molar-refractivity contribution in [2.75, 3.05) is 19.8 Å². The molecular formula is C10H10Br3O2. The van der Waals surface area contributed by atoms with Gasteiger partial charge in [0.25, 0.3) is 0 Å². The Labute approximate surface area is 115 Å². The van der Waals surface area contributed by atoms with Crippen LogP contribution in [-0.2, 0) is 4.74 Å². The normalized spacial score (nSPS) is 10.4. The summed E-state index contributed by atoms with van der Waals surface area (Å²) >= 11 is 10.2. The van der Waals surface area contributed by atoms with Gasteiger partial charge in [-0.05, 0) is 50.9 Å². The van der Waals surface area contributed by atoms with Crippen LogP contribution in [0.2, 0.25) is 0 Å². The summed E-state index contributed by atoms with van der Waals surface area (Å²) in [6.45, 7) is 5.09. The summed E-state index contributed by atoms with van der Waals surface area (Å²) in [5, 5.41) is 0. The third-order valence-electron chi connectivity index (χ3n) is 1.58. The van der Waals surface area contributed by atoms with E-state index in [4.69, 9.17) is 9.47 Å². The standard InChI is InChI=1S/C10H10Br3O2/c1-2-14-3-4-15-10-8(12)5-7(11)6-9(10)13/h5-6H,1-4H2. The molecular weight excluding hydrogens is 392 g/mol. The molecule has 1 aromatic carbocycles. The Morgan fingerprint density at radius 1 is 1.07 bits per heavy atom. The molecule has 1 rings (SSSR count). The van der Waals surface area contributed by atoms with Crippen molar-refractivity contribution in [1.29, 1.82) is 0 Å². The van der Waals surface area contributed by atoms with Crippen LogP contribution in [0.5, 0.6) is 5.75 Å². The van der Waals surface area contributed by atoms with E-state index >= 15 is 0 Å². The monoisotopic (exact) mass is 399 g/mol. The summed E-state index contributed by atoms with van der Waals surface area (Å²) in [4.78, 5) is 0. The van der Waals surface area contributed by atoms with Crippen LogP contribution in [0.3, 0.4) is 0 Å². The Morgan fingerprint density at radius 3 is 2.20 bits per heavy atom. The largest absolute Gasteiger partial charge is 0.489 e. The fraction of sp³-hybridized carbons (Fsp3) is 0.300. The highest BCUT2D eigenvalue weighted by Crippen LogP contribution is 2.36. The SMILES string of the molecule is [CH2]COCCOc1c(Br)cc(Br)cc1Br. The second-order valence-electron chi connectivity index (χ2n) is 2.66. The van der Waals surface area contributed by atoms with E-state index in [0.29, 0.717) is 19.8 Å². The van der Waals surface area contributed by atoms with E-state index in [9.17, 15) is 0 Å². The summed E-state index contributed by atoms with van der Waals surface area (Å²) < 4.78 is 13.4. The zero-order valence-corrected chi connectivity index (χ0v) is 12.7. The highest BCUT2D eigenvalue weighted by atomic mass is 79.9. The van der Waals surface area contributed by atoms with Gasteiger partial charge in [-0.1, -0.05) is 15.9 Å². The van der Waals surface area contributed by atoms with Crippen molar-refractivity contribution in [3.63, 3.8) is 0 Å². The Balaban J connectivity index is 2.60. The predicted octanol–water partition coefficient (Wildman–Crippen LogP) is 4.20. The van der Waals surface area contributed by atoms with Gasteiger partial charge < -0.3 is 9.47 Å². The molecule has 0 fully saturated rings. The summed E-state index contributed by atoms with van der Waals surface area (Å²) in [6, 6.07) is 3.87. The van der Waals surface area contributed by atoms with Gasteiger partial charge in [-0.2, -0.15) is 0 Å². The first-order chi connectivity index (χ1) is 7.15. The zero-order valence-electron chi connectivity index (χ0n) is 7.93. The first-order valence-corrected chi connectivity index (χ1v) is 6.67. The molecule has 0 heterocycles. The maximum Gasteiger partial charge on any atom is 0.147 e. The molecule has 15 heavy (non-hydrogen) atoms. The molecule has 0 spiro atoms. The average molecular weight is 402 g/mol. The topological polar surface area (TPSA) is 18.5 Å². The van der Waals surface area contributed by atoms with Gasteiger partial charge in [-0.15, -0.1) is 0 Å². The van der Waals surface area contributed by atoms with Gasteiger partial charge in [0, 0.05) is 11.1 Å². The lowest BCUT2D eigenvalue weighted by Crippen LogP contribution is -2.07. The first-order valence-electron chi connectivity index (χ1n) is 4.29. The molecule has 0 saturated carbocycles. The minimum absolute atomic E-state index is 0.464. The molecule has 5 heteroatoms. The number of rotatable bonds is 5. The summed E-state index contributed by atoms with van der Waals surface area (Å²) in [6.07, 6.45) is 0. The number of ether oxygens (including phenoxy) is 2. The van der Waals surface area contributed by atoms with E-state index in [0.717, 1.165) is 19.2 Å². The number of hydrogen-bond acceptors (Lipinski definition) is 2. The molecule has 0 unspecified atom stereocenters. The van der Waals surface area contributed by atoms with Gasteiger partial charge >= 0.3 is 0 Å². The fourth-order valence-electron chi connectivity index (χ4n) is 0.972. The fourth-order valence-corrected chi connectivity index (χ4v) is 3.46. The summed E-state index contributed by atoms with van der Waals surface area (Å²) in [5.74, 6) is 0.783. The van der Waals surface area contributed by atoms with Crippen LogP contribution in [0.25, 0.3) is 0 Å². The lowest BCUT2D eigenvalue weighted by Gasteiger charge is -2.10. The van der Waals surface area contributed by atoms with E-state index in [2.05, 4.69) is 54.7 Å². The van der Waals surface area contributed by atoms with Crippen molar-refractivity contribution >= 4 is 47.8 Å². The highest BCUT2D eigenvalue weighted by Gasteiger charge is 2.07. The molecule has 0 bridgehead atoms. The molecule has 0 aliphatic heterocycles. The van der Waals surface area contributed by atoms with Crippen molar-refractivity contribution in [2.24, 2.45) is 0 Å². The van der Waals surface area contributed by atoms with Gasteiger partial charge in [-0.25, -0.2) is 0 Å². The zero-order chi connectivity index (χ0) is 11.3. The number of benzene rings is 1. The molecule has 0 saturated heterocycles. The first kappa shape index (κ1) is 13.5. The Hall–Kier alpha value is 0.420. The molecule has 0 N–H and O–H groups in total. The van der Waals surface area contributed by atoms with E-state index < -0.39 is 0 Å². The van der Waals surface area contributed by atoms with Crippen LogP contribution < -0.4 is 4.74 Å². The van der Waals surface area contributed by atoms with Crippen LogP contribution in [0.1, 0.15) is 0 Å². The van der Waals surface area contributed by atoms with E-state index in [1.54, 1.807) is 0 Å². The van der Waals surface area contributed by atoms with Crippen molar-refractivity contribution in [1.82, 2.24) is 0 Å². The Morgan fingerprint density at radius 2 is 1.67 bits per heavy atom. The molecule has 0 amide bonds. The minimum atomic E-state index is 0.464. The number of halogens is 3. The second-order valence-corrected chi connectivity index (χ2v) is 5.28. The van der Waals surface area contributed by atoms with Crippen molar-refractivity contribution in [3.8, 4) is 5.75 Å². The van der Waals surface area contributed by atoms with Gasteiger partial charge in [0.1, 0.15) is 12.4 Å². The smallest absolute Gasteiger partial charge is 0.147 e. The quantitative estimate of drug-likeness (QED) is 0.688. The van der Waals surface area contributed by atoms with E-state index in [1.165, 1.54) is 0 Å². The third-order valence-corrected chi connectivity index (χ3v) is 3.22. The van der Waals surface area contributed by atoms with Gasteiger partial charge in [0.15, 0.2) is 0 Å². The molecule has 0 aliphatic rings. The predicted molar refractivity (Wildman–Crippen MR) is 71.2 cm³/mol. The van der Waals surface area contributed by atoms with Crippen LogP contribution in [-0.4, -0.2) is 19.8 Å². The molecule has 0 atom stereocenters. The maximum absolute atomic E-state index is 5.56. The van der Waals surface area contributed by atoms with Crippen LogP contribution in [0.4, 0.5) is 0 Å². The van der Waals surface area contributed by atoms with Gasteiger partial charge in [0.2, 0.25) is 0 Å². The van der Waals surface area contributed by atoms with Crippen molar-refractivity contribution < 1.29 is 9.47 Å². The molecule has 2 nitrogen and oxygen atoms in total. The van der Waals surface area contributed by atoms with Gasteiger partial charge in [0.05, 0.1) is 15.6 Å². The minimum Gasteiger partial charge on any atom is -0.489 e. The van der Waals surface area contributed by atoms with E-state index in [1.807, 2.05) is 12.1 Å². The maximum atomic E-state index is 5.56. The molecule has 1 radical (unpaired) electrons. The van der Waals surface area contributed by atoms with Crippen LogP contribution >= 0.6 is 47.8 Å². The lowest BCUT2D eigenvalue weighted by molar-refractivity contribution is 0.119. The molecule has 83 valence electrons. The van der Waals surface area contributed by atoms with Crippen LogP contribution in [0.15, 0.2) is 25.6 Å². The molecule has 0 aliphatic carbocycles. The highest BCUT2D eigenvalue weighted by molar-refractivity contribution is 9.11. The third kappa shape index (κ3) is 4.43. The average Bonchev–Trinajstić information content (AvgIpc) is 2.15. The Bertz CT molecular complexity index is 305. The Kier molecular flexibility index (Phi) is 6.19. The van der Waals surface area contributed by atoms with Crippen molar-refractivity contribution in [3.05, 3.63) is 32.5 Å². The van der Waals surface area contributed by atoms with E-state index in [-0.39, 0.29) is 0 Å². The summed E-state index contributed by atoms with van der Waals surface area (Å²) in [7, 11) is 0. The second kappa shape index (κ2) is 6.89. The molecule has 0 aromatic heterocycles. The summed E-state index contributed by atoms with van der Waals surface area (Å²) in [5.41, 5.74) is 0. The lowest BCUT2D eigenvalue weighted by atomic mass is 10.3. The number of hydrogen-bond donors (Lipinski definition) is 0. The van der Waals surface area contributed by atoms with Crippen molar-refractivity contribution in [2.45, 2.75) is 0 Å².